The summed E-state index contributed by atoms with van der Waals surface area (Å²) in [5.41, 5.74) is 9.76. The maximum absolute atomic E-state index is 12.6. The first-order valence-electron chi connectivity index (χ1n) is 2.82. The summed E-state index contributed by atoms with van der Waals surface area (Å²) in [5, 5.41) is 0. The molecule has 1 aromatic rings. The third-order valence-electron chi connectivity index (χ3n) is 1.14. The van der Waals surface area contributed by atoms with E-state index >= 15 is 0 Å². The summed E-state index contributed by atoms with van der Waals surface area (Å²) in [7, 11) is 0. The number of nitrogens with two attached hydrogens (primary N) is 2. The number of aromatic nitrogens is 1. The van der Waals surface area contributed by atoms with Crippen molar-refractivity contribution < 1.29 is 9.18 Å². The maximum atomic E-state index is 12.6. The van der Waals surface area contributed by atoms with Gasteiger partial charge in [0.15, 0.2) is 5.82 Å². The van der Waals surface area contributed by atoms with Crippen molar-refractivity contribution >= 4 is 11.7 Å². The molecule has 1 amide bonds. The van der Waals surface area contributed by atoms with Crippen LogP contribution in [0.4, 0.5) is 10.2 Å². The molecule has 0 atom stereocenters. The van der Waals surface area contributed by atoms with Gasteiger partial charge in [-0.3, -0.25) is 4.79 Å². The van der Waals surface area contributed by atoms with Gasteiger partial charge in [0.05, 0.1) is 11.8 Å². The summed E-state index contributed by atoms with van der Waals surface area (Å²) in [6, 6.07) is 1.09. The minimum Gasteiger partial charge on any atom is -0.384 e. The molecule has 0 aliphatic carbocycles. The molecule has 0 radical (unpaired) electrons. The van der Waals surface area contributed by atoms with Crippen LogP contribution in [-0.2, 0) is 0 Å². The number of primary amides is 1. The fourth-order valence-electron chi connectivity index (χ4n) is 0.644. The van der Waals surface area contributed by atoms with Gasteiger partial charge in [0.1, 0.15) is 5.82 Å². The Kier molecular flexibility index (Phi) is 1.72. The van der Waals surface area contributed by atoms with Crippen molar-refractivity contribution in [3.05, 3.63) is 23.6 Å². The molecular formula is C6H6FN3O. The monoisotopic (exact) mass is 155 g/mol. The van der Waals surface area contributed by atoms with Gasteiger partial charge in [-0.25, -0.2) is 9.37 Å². The highest BCUT2D eigenvalue weighted by molar-refractivity contribution is 5.93. The van der Waals surface area contributed by atoms with Crippen LogP contribution in [0.3, 0.4) is 0 Å². The van der Waals surface area contributed by atoms with Crippen LogP contribution in [0, 0.1) is 5.82 Å². The van der Waals surface area contributed by atoms with E-state index in [0.717, 1.165) is 12.3 Å². The van der Waals surface area contributed by atoms with Crippen LogP contribution in [-0.4, -0.2) is 10.9 Å². The number of hydrogen-bond acceptors (Lipinski definition) is 3. The second-order valence-corrected chi connectivity index (χ2v) is 1.95. The SMILES string of the molecule is NC(=O)c1cc(N)ncc1F. The van der Waals surface area contributed by atoms with Gasteiger partial charge in [-0.05, 0) is 6.07 Å². The lowest BCUT2D eigenvalue weighted by Crippen LogP contribution is -2.13. The standard InChI is InChI=1S/C6H6FN3O/c7-4-2-10-5(8)1-3(4)6(9)11/h1-2H,(H2,8,10)(H2,9,11). The smallest absolute Gasteiger partial charge is 0.251 e. The third kappa shape index (κ3) is 1.43. The summed E-state index contributed by atoms with van der Waals surface area (Å²) in [4.78, 5) is 13.9. The molecule has 0 saturated carbocycles. The Balaban J connectivity index is 3.23. The predicted molar refractivity (Wildman–Crippen MR) is 37.1 cm³/mol. The van der Waals surface area contributed by atoms with E-state index in [1.54, 1.807) is 0 Å². The Morgan fingerprint density at radius 1 is 1.64 bits per heavy atom. The quantitative estimate of drug-likeness (QED) is 0.594. The van der Waals surface area contributed by atoms with Crippen molar-refractivity contribution in [2.24, 2.45) is 5.73 Å². The lowest BCUT2D eigenvalue weighted by Gasteiger charge is -1.97. The fraction of sp³-hybridized carbons (Fsp3) is 0. The Hall–Kier alpha value is -1.65. The summed E-state index contributed by atoms with van der Waals surface area (Å²) >= 11 is 0. The molecule has 0 fully saturated rings. The molecule has 0 aliphatic heterocycles. The number of nitrogens with zero attached hydrogens (tertiary/aromatic N) is 1. The number of pyridine rings is 1. The topological polar surface area (TPSA) is 82.0 Å². The zero-order valence-corrected chi connectivity index (χ0v) is 5.54. The van der Waals surface area contributed by atoms with E-state index in [1.807, 2.05) is 0 Å². The second kappa shape index (κ2) is 2.53. The predicted octanol–water partition coefficient (Wildman–Crippen LogP) is -0.0982. The second-order valence-electron chi connectivity index (χ2n) is 1.95. The first kappa shape index (κ1) is 7.46. The maximum Gasteiger partial charge on any atom is 0.251 e. The number of anilines is 1. The number of hydrogen-bond donors (Lipinski definition) is 2. The van der Waals surface area contributed by atoms with Crippen LogP contribution in [0.25, 0.3) is 0 Å². The van der Waals surface area contributed by atoms with Crippen molar-refractivity contribution in [1.82, 2.24) is 4.98 Å². The number of carbonyl (C=O) groups excluding carboxylic acids is 1. The molecule has 0 bridgehead atoms. The molecule has 58 valence electrons. The van der Waals surface area contributed by atoms with Gasteiger partial charge in [-0.15, -0.1) is 0 Å². The highest BCUT2D eigenvalue weighted by atomic mass is 19.1. The normalized spacial score (nSPS) is 9.55. The van der Waals surface area contributed by atoms with Crippen molar-refractivity contribution in [2.45, 2.75) is 0 Å². The minimum absolute atomic E-state index is 0.0696. The van der Waals surface area contributed by atoms with Gasteiger partial charge in [0.2, 0.25) is 0 Å². The first-order chi connectivity index (χ1) is 5.11. The zero-order chi connectivity index (χ0) is 8.43. The molecular weight excluding hydrogens is 149 g/mol. The lowest BCUT2D eigenvalue weighted by molar-refractivity contribution is 0.0996. The van der Waals surface area contributed by atoms with E-state index in [9.17, 15) is 9.18 Å². The molecule has 0 aromatic carbocycles. The van der Waals surface area contributed by atoms with Gasteiger partial charge in [-0.1, -0.05) is 0 Å². The van der Waals surface area contributed by atoms with Crippen LogP contribution >= 0.6 is 0 Å². The molecule has 1 rings (SSSR count). The Morgan fingerprint density at radius 2 is 2.27 bits per heavy atom. The number of nitrogen functional groups attached to an aromatic ring is 1. The van der Waals surface area contributed by atoms with Gasteiger partial charge in [0, 0.05) is 0 Å². The number of rotatable bonds is 1. The van der Waals surface area contributed by atoms with Crippen LogP contribution < -0.4 is 11.5 Å². The van der Waals surface area contributed by atoms with E-state index in [4.69, 9.17) is 11.5 Å². The largest absolute Gasteiger partial charge is 0.384 e. The molecule has 5 heteroatoms. The van der Waals surface area contributed by atoms with Crippen molar-refractivity contribution in [3.63, 3.8) is 0 Å². The average molecular weight is 155 g/mol. The zero-order valence-electron chi connectivity index (χ0n) is 5.54. The third-order valence-corrected chi connectivity index (χ3v) is 1.14. The highest BCUT2D eigenvalue weighted by Gasteiger charge is 2.07. The number of amides is 1. The van der Waals surface area contributed by atoms with Gasteiger partial charge in [0.25, 0.3) is 5.91 Å². The van der Waals surface area contributed by atoms with E-state index in [0.29, 0.717) is 0 Å². The molecule has 11 heavy (non-hydrogen) atoms. The molecule has 1 heterocycles. The van der Waals surface area contributed by atoms with Gasteiger partial charge < -0.3 is 11.5 Å². The number of halogens is 1. The van der Waals surface area contributed by atoms with Crippen molar-refractivity contribution in [1.29, 1.82) is 0 Å². The minimum atomic E-state index is -0.850. The molecule has 0 saturated heterocycles. The molecule has 4 nitrogen and oxygen atoms in total. The van der Waals surface area contributed by atoms with Gasteiger partial charge >= 0.3 is 0 Å². The Labute approximate surface area is 62.0 Å². The van der Waals surface area contributed by atoms with Crippen LogP contribution in [0.1, 0.15) is 10.4 Å². The van der Waals surface area contributed by atoms with Crippen molar-refractivity contribution in [3.8, 4) is 0 Å². The van der Waals surface area contributed by atoms with Crippen LogP contribution in [0.15, 0.2) is 12.3 Å². The molecule has 0 aliphatic rings. The Bertz CT molecular complexity index is 300. The summed E-state index contributed by atoms with van der Waals surface area (Å²) in [5.74, 6) is -1.54. The molecule has 0 spiro atoms. The average Bonchev–Trinajstić information content (AvgIpc) is 1.94. The summed E-state index contributed by atoms with van der Waals surface area (Å²) in [6.07, 6.45) is 0.857. The van der Waals surface area contributed by atoms with E-state index in [-0.39, 0.29) is 11.4 Å². The number of carbonyl (C=O) groups is 1. The molecule has 4 N–H and O–H groups in total. The highest BCUT2D eigenvalue weighted by Crippen LogP contribution is 2.07. The van der Waals surface area contributed by atoms with E-state index in [2.05, 4.69) is 4.98 Å². The first-order valence-corrected chi connectivity index (χ1v) is 2.82. The summed E-state index contributed by atoms with van der Waals surface area (Å²) < 4.78 is 12.6. The Morgan fingerprint density at radius 3 is 2.73 bits per heavy atom. The summed E-state index contributed by atoms with van der Waals surface area (Å²) in [6.45, 7) is 0. The molecule has 0 unspecified atom stereocenters. The van der Waals surface area contributed by atoms with Crippen molar-refractivity contribution in [2.75, 3.05) is 5.73 Å². The molecule has 1 aromatic heterocycles. The van der Waals surface area contributed by atoms with Crippen LogP contribution in [0.5, 0.6) is 0 Å². The fourth-order valence-corrected chi connectivity index (χ4v) is 0.644. The van der Waals surface area contributed by atoms with E-state index in [1.165, 1.54) is 0 Å². The van der Waals surface area contributed by atoms with Crippen LogP contribution in [0.2, 0.25) is 0 Å². The van der Waals surface area contributed by atoms with Gasteiger partial charge in [-0.2, -0.15) is 0 Å². The van der Waals surface area contributed by atoms with E-state index < -0.39 is 11.7 Å². The lowest BCUT2D eigenvalue weighted by atomic mass is 10.2.